The topological polar surface area (TPSA) is 0 Å². The van der Waals surface area contributed by atoms with Crippen LogP contribution in [0.1, 0.15) is 37.8 Å². The van der Waals surface area contributed by atoms with Crippen molar-refractivity contribution in [3.05, 3.63) is 120 Å². The van der Waals surface area contributed by atoms with Crippen LogP contribution in [0.4, 0.5) is 0 Å². The minimum atomic E-state index is 1.02. The maximum Gasteiger partial charge on any atom is -0.0184 e. The van der Waals surface area contributed by atoms with Crippen molar-refractivity contribution in [2.24, 2.45) is 0 Å². The van der Waals surface area contributed by atoms with E-state index in [-0.39, 0.29) is 0 Å². The summed E-state index contributed by atoms with van der Waals surface area (Å²) in [6, 6.07) is 39.2. The molecular weight excluding hydrogens is 360 g/mol. The molecule has 0 unspecified atom stereocenters. The van der Waals surface area contributed by atoms with Crippen molar-refractivity contribution < 1.29 is 0 Å². The van der Waals surface area contributed by atoms with Crippen LogP contribution in [0.25, 0.3) is 33.4 Å². The Balaban J connectivity index is 1.67. The first-order valence-corrected chi connectivity index (χ1v) is 10.8. The largest absolute Gasteiger partial charge is 0.0622 e. The van der Waals surface area contributed by atoms with Crippen molar-refractivity contribution in [2.45, 2.75) is 26.7 Å². The first-order chi connectivity index (χ1) is 14.8. The zero-order chi connectivity index (χ0) is 20.8. The Morgan fingerprint density at radius 1 is 0.400 bits per heavy atom. The number of hydrogen-bond donors (Lipinski definition) is 0. The molecule has 0 N–H and O–H groups in total. The lowest BCUT2D eigenvalue weighted by molar-refractivity contribution is 1.18. The van der Waals surface area contributed by atoms with E-state index in [0.29, 0.717) is 0 Å². The average Bonchev–Trinajstić information content (AvgIpc) is 2.84. The Morgan fingerprint density at radius 3 is 1.00 bits per heavy atom. The third-order valence-electron chi connectivity index (χ3n) is 5.75. The van der Waals surface area contributed by atoms with Gasteiger partial charge in [0.1, 0.15) is 0 Å². The van der Waals surface area contributed by atoms with Crippen LogP contribution in [0.3, 0.4) is 0 Å². The molecule has 0 heteroatoms. The fraction of sp³-hybridized carbons (Fsp3) is 0.133. The summed E-state index contributed by atoms with van der Waals surface area (Å²) in [6.07, 6.45) is 2.04. The van der Waals surface area contributed by atoms with Gasteiger partial charge in [-0.05, 0) is 57.4 Å². The van der Waals surface area contributed by atoms with Crippen molar-refractivity contribution >= 4 is 11.1 Å². The smallest absolute Gasteiger partial charge is 0.0184 e. The number of rotatable bonds is 6. The van der Waals surface area contributed by atoms with E-state index in [9.17, 15) is 0 Å². The van der Waals surface area contributed by atoms with Crippen LogP contribution in [-0.2, 0) is 0 Å². The number of hydrogen-bond acceptors (Lipinski definition) is 0. The molecular formula is C30H28. The van der Waals surface area contributed by atoms with Crippen molar-refractivity contribution in [3.8, 4) is 22.3 Å². The van der Waals surface area contributed by atoms with Gasteiger partial charge in [0.25, 0.3) is 0 Å². The van der Waals surface area contributed by atoms with Crippen LogP contribution in [0.5, 0.6) is 0 Å². The summed E-state index contributed by atoms with van der Waals surface area (Å²) in [5.41, 5.74) is 10.6. The molecule has 148 valence electrons. The third-order valence-corrected chi connectivity index (χ3v) is 5.75. The SMILES string of the molecule is CC/C(=C(/CC)c1ccc(-c2ccccc2)cc1)c1ccc(-c2ccccc2)cc1. The molecule has 0 aliphatic rings. The molecule has 0 fully saturated rings. The van der Waals surface area contributed by atoms with Crippen molar-refractivity contribution in [1.29, 1.82) is 0 Å². The highest BCUT2D eigenvalue weighted by atomic mass is 14.1. The zero-order valence-electron chi connectivity index (χ0n) is 17.8. The van der Waals surface area contributed by atoms with Gasteiger partial charge in [0, 0.05) is 0 Å². The van der Waals surface area contributed by atoms with Gasteiger partial charge in [-0.25, -0.2) is 0 Å². The molecule has 0 saturated carbocycles. The molecule has 0 nitrogen and oxygen atoms in total. The van der Waals surface area contributed by atoms with Gasteiger partial charge in [-0.3, -0.25) is 0 Å². The van der Waals surface area contributed by atoms with Crippen molar-refractivity contribution in [2.75, 3.05) is 0 Å². The summed E-state index contributed by atoms with van der Waals surface area (Å²) in [5.74, 6) is 0. The second-order valence-corrected chi connectivity index (χ2v) is 7.55. The summed E-state index contributed by atoms with van der Waals surface area (Å²) < 4.78 is 0. The highest BCUT2D eigenvalue weighted by Crippen LogP contribution is 2.33. The molecule has 0 radical (unpaired) electrons. The molecule has 0 spiro atoms. The Morgan fingerprint density at radius 2 is 0.700 bits per heavy atom. The number of benzene rings is 4. The van der Waals surface area contributed by atoms with Gasteiger partial charge in [-0.15, -0.1) is 0 Å². The van der Waals surface area contributed by atoms with Crippen LogP contribution in [0.2, 0.25) is 0 Å². The van der Waals surface area contributed by atoms with Crippen LogP contribution < -0.4 is 0 Å². The monoisotopic (exact) mass is 388 g/mol. The van der Waals surface area contributed by atoms with Crippen molar-refractivity contribution in [3.63, 3.8) is 0 Å². The lowest BCUT2D eigenvalue weighted by Gasteiger charge is -2.15. The maximum atomic E-state index is 2.27. The fourth-order valence-corrected chi connectivity index (χ4v) is 4.17. The third kappa shape index (κ3) is 4.28. The molecule has 0 aromatic heterocycles. The summed E-state index contributed by atoms with van der Waals surface area (Å²) >= 11 is 0. The van der Waals surface area contributed by atoms with E-state index in [2.05, 4.69) is 123 Å². The Bertz CT molecular complexity index is 1010. The highest BCUT2D eigenvalue weighted by Gasteiger charge is 2.10. The van der Waals surface area contributed by atoms with Crippen LogP contribution in [0.15, 0.2) is 109 Å². The van der Waals surface area contributed by atoms with Gasteiger partial charge in [0.15, 0.2) is 0 Å². The summed E-state index contributed by atoms with van der Waals surface area (Å²) in [5, 5.41) is 0. The molecule has 0 aliphatic heterocycles. The van der Waals surface area contributed by atoms with Gasteiger partial charge in [0.2, 0.25) is 0 Å². The lowest BCUT2D eigenvalue weighted by atomic mass is 9.90. The van der Waals surface area contributed by atoms with E-state index in [0.717, 1.165) is 12.8 Å². The summed E-state index contributed by atoms with van der Waals surface area (Å²) in [4.78, 5) is 0. The fourth-order valence-electron chi connectivity index (χ4n) is 4.17. The second-order valence-electron chi connectivity index (χ2n) is 7.55. The molecule has 30 heavy (non-hydrogen) atoms. The van der Waals surface area contributed by atoms with Gasteiger partial charge >= 0.3 is 0 Å². The van der Waals surface area contributed by atoms with E-state index < -0.39 is 0 Å². The van der Waals surface area contributed by atoms with E-state index in [4.69, 9.17) is 0 Å². The second kappa shape index (κ2) is 9.41. The Labute approximate surface area is 180 Å². The van der Waals surface area contributed by atoms with E-state index in [1.165, 1.54) is 44.5 Å². The predicted octanol–water partition coefficient (Wildman–Crippen LogP) is 8.75. The molecule has 0 bridgehead atoms. The number of allylic oxidation sites excluding steroid dienone is 2. The molecule has 0 heterocycles. The normalized spacial score (nSPS) is 11.8. The van der Waals surface area contributed by atoms with Gasteiger partial charge < -0.3 is 0 Å². The minimum absolute atomic E-state index is 1.02. The van der Waals surface area contributed by atoms with Gasteiger partial charge in [0.05, 0.1) is 0 Å². The van der Waals surface area contributed by atoms with Gasteiger partial charge in [-0.2, -0.15) is 0 Å². The van der Waals surface area contributed by atoms with E-state index >= 15 is 0 Å². The predicted molar refractivity (Wildman–Crippen MR) is 131 cm³/mol. The van der Waals surface area contributed by atoms with Crippen molar-refractivity contribution in [1.82, 2.24) is 0 Å². The first kappa shape index (κ1) is 19.9. The summed E-state index contributed by atoms with van der Waals surface area (Å²) in [6.45, 7) is 4.52. The zero-order valence-corrected chi connectivity index (χ0v) is 17.8. The van der Waals surface area contributed by atoms with Crippen LogP contribution >= 0.6 is 0 Å². The average molecular weight is 389 g/mol. The molecule has 4 aromatic carbocycles. The Hall–Kier alpha value is -3.38. The molecule has 4 rings (SSSR count). The van der Waals surface area contributed by atoms with E-state index in [1.54, 1.807) is 0 Å². The summed E-state index contributed by atoms with van der Waals surface area (Å²) in [7, 11) is 0. The maximum absolute atomic E-state index is 2.27. The highest BCUT2D eigenvalue weighted by molar-refractivity contribution is 5.91. The quantitative estimate of drug-likeness (QED) is 0.290. The molecule has 4 aromatic rings. The lowest BCUT2D eigenvalue weighted by Crippen LogP contribution is -1.92. The first-order valence-electron chi connectivity index (χ1n) is 10.8. The molecule has 0 saturated heterocycles. The minimum Gasteiger partial charge on any atom is -0.0622 e. The molecule has 0 aliphatic carbocycles. The molecule has 0 atom stereocenters. The van der Waals surface area contributed by atoms with E-state index in [1.807, 2.05) is 0 Å². The standard InChI is InChI=1S/C30H28/c1-3-29(27-19-15-25(16-20-27)23-11-7-5-8-12-23)30(4-2)28-21-17-26(18-22-28)24-13-9-6-10-14-24/h5-22H,3-4H2,1-2H3/b30-29+. The molecule has 0 amide bonds. The van der Waals surface area contributed by atoms with Crippen LogP contribution in [-0.4, -0.2) is 0 Å². The Kier molecular flexibility index (Phi) is 6.25. The van der Waals surface area contributed by atoms with Gasteiger partial charge in [-0.1, -0.05) is 123 Å². The van der Waals surface area contributed by atoms with Crippen LogP contribution in [0, 0.1) is 0 Å².